The normalized spacial score (nSPS) is 18.6. The third kappa shape index (κ3) is 3.72. The zero-order valence-electron chi connectivity index (χ0n) is 15.2. The molecule has 146 valence electrons. The maximum Gasteiger partial charge on any atom is 0.344 e. The number of urea groups is 1. The molecule has 1 aliphatic rings. The highest BCUT2D eigenvalue weighted by molar-refractivity contribution is 6.32. The SMILES string of the molecule is COc1ccc([C@@]2(C)NC(=O)N(NC(=O)COc3ccccc3Cl)C2=O)cc1. The molecule has 0 aromatic heterocycles. The van der Waals surface area contributed by atoms with E-state index < -0.39 is 30.0 Å². The van der Waals surface area contributed by atoms with Crippen molar-refractivity contribution in [2.24, 2.45) is 0 Å². The van der Waals surface area contributed by atoms with E-state index >= 15 is 0 Å². The summed E-state index contributed by atoms with van der Waals surface area (Å²) in [6.07, 6.45) is 0. The first-order valence-corrected chi connectivity index (χ1v) is 8.71. The minimum absolute atomic E-state index is 0.319. The minimum Gasteiger partial charge on any atom is -0.497 e. The first kappa shape index (κ1) is 19.5. The van der Waals surface area contributed by atoms with Crippen LogP contribution < -0.4 is 20.2 Å². The van der Waals surface area contributed by atoms with E-state index in [-0.39, 0.29) is 0 Å². The number of benzene rings is 2. The third-order valence-corrected chi connectivity index (χ3v) is 4.60. The molecule has 1 atom stereocenters. The van der Waals surface area contributed by atoms with Crippen molar-refractivity contribution in [1.82, 2.24) is 15.8 Å². The van der Waals surface area contributed by atoms with Crippen LogP contribution in [0.3, 0.4) is 0 Å². The summed E-state index contributed by atoms with van der Waals surface area (Å²) in [5.74, 6) is -0.359. The molecule has 3 rings (SSSR count). The maximum atomic E-state index is 12.8. The summed E-state index contributed by atoms with van der Waals surface area (Å²) in [7, 11) is 1.53. The Morgan fingerprint density at radius 2 is 1.86 bits per heavy atom. The van der Waals surface area contributed by atoms with Crippen molar-refractivity contribution in [2.75, 3.05) is 13.7 Å². The van der Waals surface area contributed by atoms with Crippen molar-refractivity contribution < 1.29 is 23.9 Å². The highest BCUT2D eigenvalue weighted by Gasteiger charge is 2.50. The number of carbonyl (C=O) groups excluding carboxylic acids is 3. The number of para-hydroxylation sites is 1. The largest absolute Gasteiger partial charge is 0.497 e. The minimum atomic E-state index is -1.32. The Hall–Kier alpha value is -3.26. The Morgan fingerprint density at radius 3 is 2.50 bits per heavy atom. The van der Waals surface area contributed by atoms with Crippen molar-refractivity contribution in [2.45, 2.75) is 12.5 Å². The van der Waals surface area contributed by atoms with Gasteiger partial charge in [0.05, 0.1) is 12.1 Å². The van der Waals surface area contributed by atoms with Crippen LogP contribution in [0.4, 0.5) is 4.79 Å². The lowest BCUT2D eigenvalue weighted by atomic mass is 9.92. The highest BCUT2D eigenvalue weighted by Crippen LogP contribution is 2.29. The molecule has 9 heteroatoms. The molecule has 0 spiro atoms. The molecule has 0 radical (unpaired) electrons. The van der Waals surface area contributed by atoms with Crippen LogP contribution in [-0.4, -0.2) is 36.6 Å². The van der Waals surface area contributed by atoms with Gasteiger partial charge in [-0.05, 0) is 36.8 Å². The zero-order chi connectivity index (χ0) is 20.3. The van der Waals surface area contributed by atoms with E-state index in [0.717, 1.165) is 0 Å². The Balaban J connectivity index is 1.67. The zero-order valence-corrected chi connectivity index (χ0v) is 15.9. The van der Waals surface area contributed by atoms with Gasteiger partial charge < -0.3 is 14.8 Å². The second kappa shape index (κ2) is 7.77. The first-order valence-electron chi connectivity index (χ1n) is 8.33. The van der Waals surface area contributed by atoms with Crippen LogP contribution in [0.1, 0.15) is 12.5 Å². The number of methoxy groups -OCH3 is 1. The van der Waals surface area contributed by atoms with E-state index in [1.807, 2.05) is 0 Å². The fourth-order valence-electron chi connectivity index (χ4n) is 2.72. The van der Waals surface area contributed by atoms with Crippen LogP contribution in [0.25, 0.3) is 0 Å². The van der Waals surface area contributed by atoms with Gasteiger partial charge in [0.15, 0.2) is 6.61 Å². The average Bonchev–Trinajstić information content (AvgIpc) is 2.91. The highest BCUT2D eigenvalue weighted by atomic mass is 35.5. The quantitative estimate of drug-likeness (QED) is 0.721. The van der Waals surface area contributed by atoms with Gasteiger partial charge in [-0.3, -0.25) is 15.0 Å². The predicted octanol–water partition coefficient (Wildman–Crippen LogP) is 2.23. The first-order chi connectivity index (χ1) is 13.3. The van der Waals surface area contributed by atoms with Gasteiger partial charge in [-0.1, -0.05) is 35.9 Å². The molecule has 1 heterocycles. The molecular weight excluding hydrogens is 386 g/mol. The van der Waals surface area contributed by atoms with Gasteiger partial charge in [0.2, 0.25) is 0 Å². The van der Waals surface area contributed by atoms with Crippen molar-refractivity contribution in [3.63, 3.8) is 0 Å². The topological polar surface area (TPSA) is 97.0 Å². The fourth-order valence-corrected chi connectivity index (χ4v) is 2.91. The predicted molar refractivity (Wildman–Crippen MR) is 101 cm³/mol. The number of carbonyl (C=O) groups is 3. The van der Waals surface area contributed by atoms with Gasteiger partial charge in [-0.15, -0.1) is 0 Å². The van der Waals surface area contributed by atoms with Gasteiger partial charge in [-0.2, -0.15) is 5.01 Å². The van der Waals surface area contributed by atoms with Crippen molar-refractivity contribution >= 4 is 29.4 Å². The standard InChI is InChI=1S/C19H18ClN3O5/c1-19(12-7-9-13(27-2)10-8-12)17(25)23(18(26)21-19)22-16(24)11-28-15-6-4-3-5-14(15)20/h3-10H,11H2,1-2H3,(H,21,26)(H,22,24)/t19-/m1/s1. The van der Waals surface area contributed by atoms with Crippen molar-refractivity contribution in [3.8, 4) is 11.5 Å². The molecule has 8 nitrogen and oxygen atoms in total. The summed E-state index contributed by atoms with van der Waals surface area (Å²) in [6, 6.07) is 12.6. The second-order valence-corrected chi connectivity index (χ2v) is 6.59. The number of halogens is 1. The van der Waals surface area contributed by atoms with Crippen LogP contribution in [0.15, 0.2) is 48.5 Å². The lowest BCUT2D eigenvalue weighted by Crippen LogP contribution is -2.49. The summed E-state index contributed by atoms with van der Waals surface area (Å²) in [4.78, 5) is 37.2. The number of ether oxygens (including phenoxy) is 2. The van der Waals surface area contributed by atoms with Gasteiger partial charge in [0, 0.05) is 0 Å². The van der Waals surface area contributed by atoms with E-state index in [0.29, 0.717) is 27.1 Å². The Morgan fingerprint density at radius 1 is 1.18 bits per heavy atom. The summed E-state index contributed by atoms with van der Waals surface area (Å²) in [5, 5.41) is 3.58. The number of hydrogen-bond donors (Lipinski definition) is 2. The number of nitrogens with one attached hydrogen (secondary N) is 2. The van der Waals surface area contributed by atoms with Crippen LogP contribution in [0.5, 0.6) is 11.5 Å². The van der Waals surface area contributed by atoms with E-state index in [2.05, 4.69) is 10.7 Å². The van der Waals surface area contributed by atoms with Crippen LogP contribution in [-0.2, 0) is 15.1 Å². The molecule has 0 aliphatic carbocycles. The van der Waals surface area contributed by atoms with Crippen LogP contribution in [0.2, 0.25) is 5.02 Å². The van der Waals surface area contributed by atoms with Gasteiger partial charge >= 0.3 is 6.03 Å². The monoisotopic (exact) mass is 403 g/mol. The average molecular weight is 404 g/mol. The third-order valence-electron chi connectivity index (χ3n) is 4.29. The van der Waals surface area contributed by atoms with Gasteiger partial charge in [0.25, 0.3) is 11.8 Å². The fraction of sp³-hybridized carbons (Fsp3) is 0.211. The smallest absolute Gasteiger partial charge is 0.344 e. The molecule has 1 fully saturated rings. The van der Waals surface area contributed by atoms with E-state index in [1.54, 1.807) is 55.5 Å². The molecule has 2 N–H and O–H groups in total. The van der Waals surface area contributed by atoms with E-state index in [1.165, 1.54) is 7.11 Å². The van der Waals surface area contributed by atoms with Crippen molar-refractivity contribution in [1.29, 1.82) is 0 Å². The number of nitrogens with zero attached hydrogens (tertiary/aromatic N) is 1. The maximum absolute atomic E-state index is 12.8. The molecule has 2 aromatic rings. The molecule has 0 bridgehead atoms. The van der Waals surface area contributed by atoms with Gasteiger partial charge in [-0.25, -0.2) is 4.79 Å². The molecule has 2 aromatic carbocycles. The molecule has 0 unspecified atom stereocenters. The van der Waals surface area contributed by atoms with Crippen LogP contribution in [0, 0.1) is 0 Å². The summed E-state index contributed by atoms with van der Waals surface area (Å²) >= 11 is 5.96. The molecule has 1 aliphatic heterocycles. The van der Waals surface area contributed by atoms with E-state index in [9.17, 15) is 14.4 Å². The number of hydrazine groups is 1. The van der Waals surface area contributed by atoms with Crippen LogP contribution >= 0.6 is 11.6 Å². The number of hydrogen-bond acceptors (Lipinski definition) is 5. The Labute approximate surface area is 166 Å². The molecule has 28 heavy (non-hydrogen) atoms. The molecule has 4 amide bonds. The molecule has 1 saturated heterocycles. The lowest BCUT2D eigenvalue weighted by Gasteiger charge is -2.22. The Kier molecular flexibility index (Phi) is 5.41. The number of rotatable bonds is 6. The molecule has 0 saturated carbocycles. The van der Waals surface area contributed by atoms with Gasteiger partial charge in [0.1, 0.15) is 17.0 Å². The van der Waals surface area contributed by atoms with E-state index in [4.69, 9.17) is 21.1 Å². The number of imide groups is 1. The summed E-state index contributed by atoms with van der Waals surface area (Å²) in [6.45, 7) is 1.14. The second-order valence-electron chi connectivity index (χ2n) is 6.18. The lowest BCUT2D eigenvalue weighted by molar-refractivity contribution is -0.139. The Bertz CT molecular complexity index is 918. The van der Waals surface area contributed by atoms with Crippen molar-refractivity contribution in [3.05, 3.63) is 59.1 Å². The number of amides is 4. The summed E-state index contributed by atoms with van der Waals surface area (Å²) < 4.78 is 10.4. The molecular formula is C19H18ClN3O5. The summed E-state index contributed by atoms with van der Waals surface area (Å²) in [5.41, 5.74) is 1.49.